The van der Waals surface area contributed by atoms with Gasteiger partial charge in [0, 0.05) is 44.3 Å². The van der Waals surface area contributed by atoms with Crippen LogP contribution in [0.3, 0.4) is 0 Å². The third-order valence-corrected chi connectivity index (χ3v) is 12.9. The highest BCUT2D eigenvalue weighted by atomic mass is 16.3. The van der Waals surface area contributed by atoms with E-state index in [1.807, 2.05) is 12.1 Å². The quantitative estimate of drug-likeness (QED) is 0.156. The normalized spacial score (nSPS) is 11.8. The van der Waals surface area contributed by atoms with Gasteiger partial charge < -0.3 is 13.9 Å². The molecule has 11 aromatic carbocycles. The molecule has 0 aliphatic rings. The Kier molecular flexibility index (Phi) is 7.91. The van der Waals surface area contributed by atoms with Crippen molar-refractivity contribution in [3.8, 4) is 27.9 Å². The Labute approximate surface area is 363 Å². The molecule has 0 bridgehead atoms. The summed E-state index contributed by atoms with van der Waals surface area (Å²) in [5, 5.41) is 12.3. The summed E-state index contributed by atoms with van der Waals surface area (Å²) in [7, 11) is 0. The van der Waals surface area contributed by atoms with E-state index >= 15 is 0 Å². The third kappa shape index (κ3) is 5.60. The minimum atomic E-state index is 0.903. The molecule has 13 rings (SSSR count). The number of fused-ring (bicyclic) bond motifs is 12. The SMILES string of the molecule is c1cc(-c2ccc(N(c3cccc(-n4c5ccccc5c5ccccc54)c3)c3ccc4c5ccccc5c5ccccc5c4c3)cc2)cc(-c2cccc3oc4ccccc4c23)c1. The maximum atomic E-state index is 6.26. The molecule has 2 aromatic heterocycles. The summed E-state index contributed by atoms with van der Waals surface area (Å²) in [5.74, 6) is 0. The van der Waals surface area contributed by atoms with Gasteiger partial charge >= 0.3 is 0 Å². The highest BCUT2D eigenvalue weighted by Gasteiger charge is 2.19. The number of furan rings is 1. The third-order valence-electron chi connectivity index (χ3n) is 12.9. The lowest BCUT2D eigenvalue weighted by Gasteiger charge is -2.27. The van der Waals surface area contributed by atoms with Crippen molar-refractivity contribution in [2.75, 3.05) is 4.90 Å². The number of para-hydroxylation sites is 3. The number of hydrogen-bond acceptors (Lipinski definition) is 2. The van der Waals surface area contributed by atoms with Crippen LogP contribution in [0.1, 0.15) is 0 Å². The van der Waals surface area contributed by atoms with Crippen molar-refractivity contribution < 1.29 is 4.42 Å². The Morgan fingerprint density at radius 1 is 0.302 bits per heavy atom. The van der Waals surface area contributed by atoms with Gasteiger partial charge in [-0.15, -0.1) is 0 Å². The Balaban J connectivity index is 0.975. The number of anilines is 3. The van der Waals surface area contributed by atoms with E-state index in [0.717, 1.165) is 61.4 Å². The molecule has 13 aromatic rings. The molecule has 2 heterocycles. The molecule has 0 spiro atoms. The van der Waals surface area contributed by atoms with Crippen LogP contribution >= 0.6 is 0 Å². The molecular weight excluding hydrogens is 765 g/mol. The van der Waals surface area contributed by atoms with E-state index in [9.17, 15) is 0 Å². The molecule has 63 heavy (non-hydrogen) atoms. The Hall–Kier alpha value is -8.40. The van der Waals surface area contributed by atoms with Gasteiger partial charge in [-0.3, -0.25) is 0 Å². The van der Waals surface area contributed by atoms with Crippen molar-refractivity contribution in [3.05, 3.63) is 231 Å². The molecule has 0 N–H and O–H groups in total. The van der Waals surface area contributed by atoms with Gasteiger partial charge in [0.15, 0.2) is 0 Å². The Morgan fingerprint density at radius 3 is 1.54 bits per heavy atom. The molecular formula is C60H38N2O. The highest BCUT2D eigenvalue weighted by Crippen LogP contribution is 2.43. The lowest BCUT2D eigenvalue weighted by atomic mass is 9.94. The average molecular weight is 803 g/mol. The summed E-state index contributed by atoms with van der Waals surface area (Å²) in [6, 6.07) is 83.6. The zero-order valence-corrected chi connectivity index (χ0v) is 34.2. The summed E-state index contributed by atoms with van der Waals surface area (Å²) < 4.78 is 8.66. The van der Waals surface area contributed by atoms with Crippen molar-refractivity contribution in [1.29, 1.82) is 0 Å². The molecule has 3 nitrogen and oxygen atoms in total. The fourth-order valence-electron chi connectivity index (χ4n) is 10.1. The smallest absolute Gasteiger partial charge is 0.136 e. The first-order valence-corrected chi connectivity index (χ1v) is 21.6. The average Bonchev–Trinajstić information content (AvgIpc) is 3.91. The molecule has 0 radical (unpaired) electrons. The van der Waals surface area contributed by atoms with E-state index in [0.29, 0.717) is 0 Å². The Bertz CT molecular complexity index is 3840. The lowest BCUT2D eigenvalue weighted by molar-refractivity contribution is 0.669. The second-order valence-electron chi connectivity index (χ2n) is 16.5. The highest BCUT2D eigenvalue weighted by molar-refractivity contribution is 6.26. The van der Waals surface area contributed by atoms with Crippen LogP contribution < -0.4 is 4.90 Å². The number of hydrogen-bond donors (Lipinski definition) is 0. The molecule has 0 fully saturated rings. The van der Waals surface area contributed by atoms with E-state index < -0.39 is 0 Å². The fourth-order valence-corrected chi connectivity index (χ4v) is 10.1. The predicted molar refractivity (Wildman–Crippen MR) is 266 cm³/mol. The van der Waals surface area contributed by atoms with E-state index in [4.69, 9.17) is 4.42 Å². The van der Waals surface area contributed by atoms with Gasteiger partial charge in [0.1, 0.15) is 11.2 Å². The van der Waals surface area contributed by atoms with Crippen LogP contribution in [0.15, 0.2) is 235 Å². The van der Waals surface area contributed by atoms with E-state index in [-0.39, 0.29) is 0 Å². The van der Waals surface area contributed by atoms with Crippen LogP contribution in [0.4, 0.5) is 17.1 Å². The second kappa shape index (κ2) is 14.1. The van der Waals surface area contributed by atoms with E-state index in [1.165, 1.54) is 59.7 Å². The first-order valence-electron chi connectivity index (χ1n) is 21.6. The number of rotatable bonds is 6. The van der Waals surface area contributed by atoms with Crippen LogP contribution in [0.25, 0.3) is 104 Å². The minimum Gasteiger partial charge on any atom is -0.456 e. The van der Waals surface area contributed by atoms with Crippen molar-refractivity contribution in [1.82, 2.24) is 4.57 Å². The largest absolute Gasteiger partial charge is 0.456 e. The molecule has 294 valence electrons. The van der Waals surface area contributed by atoms with Crippen molar-refractivity contribution in [2.24, 2.45) is 0 Å². The van der Waals surface area contributed by atoms with E-state index in [2.05, 4.69) is 228 Å². The summed E-state index contributed by atoms with van der Waals surface area (Å²) in [4.78, 5) is 2.41. The maximum absolute atomic E-state index is 6.26. The fraction of sp³-hybridized carbons (Fsp3) is 0. The molecule has 0 atom stereocenters. The first-order chi connectivity index (χ1) is 31.2. The molecule has 0 unspecified atom stereocenters. The lowest BCUT2D eigenvalue weighted by Crippen LogP contribution is -2.10. The van der Waals surface area contributed by atoms with Crippen molar-refractivity contribution >= 4 is 93.1 Å². The van der Waals surface area contributed by atoms with Crippen LogP contribution in [-0.4, -0.2) is 4.57 Å². The van der Waals surface area contributed by atoms with Crippen LogP contribution in [0, 0.1) is 0 Å². The summed E-state index contributed by atoms with van der Waals surface area (Å²) in [5.41, 5.74) is 13.2. The van der Waals surface area contributed by atoms with Gasteiger partial charge in [-0.05, 0) is 127 Å². The topological polar surface area (TPSA) is 21.3 Å². The summed E-state index contributed by atoms with van der Waals surface area (Å²) in [6.07, 6.45) is 0. The molecule has 3 heteroatoms. The second-order valence-corrected chi connectivity index (χ2v) is 16.5. The van der Waals surface area contributed by atoms with Gasteiger partial charge in [-0.1, -0.05) is 158 Å². The number of nitrogens with zero attached hydrogens (tertiary/aromatic N) is 2. The van der Waals surface area contributed by atoms with Crippen LogP contribution in [-0.2, 0) is 0 Å². The van der Waals surface area contributed by atoms with Gasteiger partial charge in [0.2, 0.25) is 0 Å². The number of benzene rings is 11. The molecule has 0 saturated carbocycles. The van der Waals surface area contributed by atoms with Crippen LogP contribution in [0.5, 0.6) is 0 Å². The van der Waals surface area contributed by atoms with Gasteiger partial charge in [0.05, 0.1) is 11.0 Å². The van der Waals surface area contributed by atoms with Crippen molar-refractivity contribution in [2.45, 2.75) is 0 Å². The monoisotopic (exact) mass is 802 g/mol. The molecule has 0 saturated heterocycles. The zero-order valence-electron chi connectivity index (χ0n) is 34.2. The summed E-state index contributed by atoms with van der Waals surface area (Å²) in [6.45, 7) is 0. The van der Waals surface area contributed by atoms with Gasteiger partial charge in [-0.25, -0.2) is 0 Å². The first kappa shape index (κ1) is 35.4. The Morgan fingerprint density at radius 2 is 0.825 bits per heavy atom. The molecule has 0 aliphatic carbocycles. The van der Waals surface area contributed by atoms with Crippen molar-refractivity contribution in [3.63, 3.8) is 0 Å². The maximum Gasteiger partial charge on any atom is 0.136 e. The predicted octanol–water partition coefficient (Wildman–Crippen LogP) is 16.9. The summed E-state index contributed by atoms with van der Waals surface area (Å²) >= 11 is 0. The van der Waals surface area contributed by atoms with E-state index in [1.54, 1.807) is 0 Å². The molecule has 0 amide bonds. The minimum absolute atomic E-state index is 0.903. The van der Waals surface area contributed by atoms with Crippen LogP contribution in [0.2, 0.25) is 0 Å². The number of aromatic nitrogens is 1. The van der Waals surface area contributed by atoms with Gasteiger partial charge in [0.25, 0.3) is 0 Å². The standard InChI is InChI=1S/C60H38N2O/c1-2-20-49-47(18-1)48-19-3-4-21-50(48)55-38-45(34-35-51(49)55)61(43-16-12-17-44(37-43)62-56-26-8-5-22-52(56)53-23-6-9-27-57(53)62)42-32-30-39(31-33-42)40-14-11-15-41(36-40)46-25-13-29-59-60(46)54-24-7-10-28-58(54)63-59/h1-38H. The van der Waals surface area contributed by atoms with Gasteiger partial charge in [-0.2, -0.15) is 0 Å². The molecule has 0 aliphatic heterocycles. The zero-order chi connectivity index (χ0) is 41.4.